The van der Waals surface area contributed by atoms with Gasteiger partial charge in [-0.2, -0.15) is 4.98 Å². The molecule has 3 aliphatic rings. The second-order valence-electron chi connectivity index (χ2n) is 8.67. The fraction of sp³-hybridized carbons (Fsp3) is 0.667. The molecule has 2 saturated heterocycles. The van der Waals surface area contributed by atoms with Crippen molar-refractivity contribution in [2.75, 3.05) is 37.0 Å². The van der Waals surface area contributed by atoms with Crippen molar-refractivity contribution >= 4 is 23.5 Å². The first kappa shape index (κ1) is 20.7. The molecule has 0 unspecified atom stereocenters. The number of carbonyl (C=O) groups is 2. The van der Waals surface area contributed by atoms with E-state index in [1.807, 2.05) is 9.80 Å². The lowest BCUT2D eigenvalue weighted by Crippen LogP contribution is -2.50. The van der Waals surface area contributed by atoms with Crippen molar-refractivity contribution in [3.8, 4) is 5.88 Å². The van der Waals surface area contributed by atoms with Gasteiger partial charge in [-0.15, -0.1) is 0 Å². The summed E-state index contributed by atoms with van der Waals surface area (Å²) in [5.41, 5.74) is -0.0662. The van der Waals surface area contributed by atoms with Crippen molar-refractivity contribution < 1.29 is 24.5 Å². The van der Waals surface area contributed by atoms with Gasteiger partial charge in [0, 0.05) is 31.7 Å². The summed E-state index contributed by atoms with van der Waals surface area (Å²) < 4.78 is 5.24. The van der Waals surface area contributed by atoms with E-state index in [0.717, 1.165) is 51.5 Å². The molecular formula is C21H30N4O5. The number of nitrogens with zero attached hydrogens (tertiary/aromatic N) is 3. The molecule has 9 nitrogen and oxygen atoms in total. The Kier molecular flexibility index (Phi) is 5.73. The molecule has 3 fully saturated rings. The molecule has 0 radical (unpaired) electrons. The summed E-state index contributed by atoms with van der Waals surface area (Å²) in [6.45, 7) is 1.98. The molecule has 0 aromatic carbocycles. The van der Waals surface area contributed by atoms with Gasteiger partial charge in [0.25, 0.3) is 0 Å². The largest absolute Gasteiger partial charge is 0.481 e. The summed E-state index contributed by atoms with van der Waals surface area (Å²) in [4.78, 5) is 33.3. The number of anilines is 2. The molecule has 0 bridgehead atoms. The lowest BCUT2D eigenvalue weighted by Gasteiger charge is -2.41. The standard InChI is InChI=1S/C21H30N4O5/c1-30-17-8-7-16(22-20(28)29)18(23-17)24-11-2-9-21(13-24)10-12-25(19(21)27)14-3-5-15(26)6-4-14/h7-8,14-15,22,26H,2-6,9-13H2,1H3,(H,28,29)/t14?,15?,21-/m0/s1. The summed E-state index contributed by atoms with van der Waals surface area (Å²) in [7, 11) is 1.52. The maximum Gasteiger partial charge on any atom is 0.409 e. The lowest BCUT2D eigenvalue weighted by molar-refractivity contribution is -0.139. The van der Waals surface area contributed by atoms with Gasteiger partial charge < -0.3 is 24.7 Å². The fourth-order valence-corrected chi connectivity index (χ4v) is 5.26. The predicted molar refractivity (Wildman–Crippen MR) is 111 cm³/mol. The molecule has 1 spiro atoms. The van der Waals surface area contributed by atoms with Crippen molar-refractivity contribution in [1.29, 1.82) is 0 Å². The Labute approximate surface area is 176 Å². The molecule has 164 valence electrons. The summed E-state index contributed by atoms with van der Waals surface area (Å²) in [6.07, 6.45) is 4.31. The monoisotopic (exact) mass is 418 g/mol. The van der Waals surface area contributed by atoms with Crippen molar-refractivity contribution in [2.24, 2.45) is 5.41 Å². The Morgan fingerprint density at radius 1 is 1.23 bits per heavy atom. The Morgan fingerprint density at radius 3 is 2.70 bits per heavy atom. The Balaban J connectivity index is 1.55. The molecule has 2 amide bonds. The third kappa shape index (κ3) is 3.90. The number of hydrogen-bond acceptors (Lipinski definition) is 6. The number of hydrogen-bond donors (Lipinski definition) is 3. The average molecular weight is 418 g/mol. The summed E-state index contributed by atoms with van der Waals surface area (Å²) in [6, 6.07) is 3.48. The number of aromatic nitrogens is 1. The number of pyridine rings is 1. The molecule has 1 atom stereocenters. The van der Waals surface area contributed by atoms with E-state index in [2.05, 4.69) is 10.3 Å². The van der Waals surface area contributed by atoms with Crippen LogP contribution in [0.1, 0.15) is 44.9 Å². The number of rotatable bonds is 4. The van der Waals surface area contributed by atoms with E-state index < -0.39 is 11.5 Å². The van der Waals surface area contributed by atoms with Crippen LogP contribution in [0.3, 0.4) is 0 Å². The highest BCUT2D eigenvalue weighted by Gasteiger charge is 2.51. The molecule has 3 heterocycles. The van der Waals surface area contributed by atoms with E-state index in [1.165, 1.54) is 7.11 Å². The zero-order valence-electron chi connectivity index (χ0n) is 17.3. The second kappa shape index (κ2) is 8.29. The average Bonchev–Trinajstić information content (AvgIpc) is 3.04. The zero-order chi connectivity index (χ0) is 21.3. The highest BCUT2D eigenvalue weighted by Crippen LogP contribution is 2.44. The molecule has 1 aromatic heterocycles. The lowest BCUT2D eigenvalue weighted by atomic mass is 9.78. The number of aliphatic hydroxyl groups excluding tert-OH is 1. The van der Waals surface area contributed by atoms with Gasteiger partial charge in [0.15, 0.2) is 5.82 Å². The van der Waals surface area contributed by atoms with Gasteiger partial charge in [0.1, 0.15) is 0 Å². The maximum atomic E-state index is 13.5. The topological polar surface area (TPSA) is 115 Å². The highest BCUT2D eigenvalue weighted by molar-refractivity contribution is 5.89. The number of carboxylic acid groups (broad SMARTS) is 1. The van der Waals surface area contributed by atoms with E-state index in [4.69, 9.17) is 4.74 Å². The van der Waals surface area contributed by atoms with Crippen LogP contribution in [0.15, 0.2) is 12.1 Å². The van der Waals surface area contributed by atoms with Gasteiger partial charge in [-0.25, -0.2) is 4.79 Å². The number of carbonyl (C=O) groups excluding carboxylic acids is 1. The van der Waals surface area contributed by atoms with Crippen molar-refractivity contribution in [1.82, 2.24) is 9.88 Å². The summed E-state index contributed by atoms with van der Waals surface area (Å²) >= 11 is 0. The van der Waals surface area contributed by atoms with Gasteiger partial charge in [-0.05, 0) is 51.0 Å². The SMILES string of the molecule is COc1ccc(NC(=O)O)c(N2CCC[C@]3(CCN(C4CCC(O)CC4)C3=O)C2)n1. The predicted octanol–water partition coefficient (Wildman–Crippen LogP) is 2.30. The molecular weight excluding hydrogens is 388 g/mol. The van der Waals surface area contributed by atoms with Crippen LogP contribution in [0.25, 0.3) is 0 Å². The van der Waals surface area contributed by atoms with Crippen LogP contribution in [-0.2, 0) is 4.79 Å². The van der Waals surface area contributed by atoms with Gasteiger partial charge in [0.05, 0.1) is 24.3 Å². The van der Waals surface area contributed by atoms with Crippen LogP contribution < -0.4 is 15.0 Å². The van der Waals surface area contributed by atoms with Crippen molar-refractivity contribution in [3.63, 3.8) is 0 Å². The van der Waals surface area contributed by atoms with E-state index in [0.29, 0.717) is 30.5 Å². The molecule has 1 saturated carbocycles. The van der Waals surface area contributed by atoms with Crippen LogP contribution in [-0.4, -0.2) is 71.0 Å². The fourth-order valence-electron chi connectivity index (χ4n) is 5.26. The van der Waals surface area contributed by atoms with Crippen LogP contribution in [0.5, 0.6) is 5.88 Å². The summed E-state index contributed by atoms with van der Waals surface area (Å²) in [5.74, 6) is 1.10. The normalized spacial score (nSPS) is 29.3. The quantitative estimate of drug-likeness (QED) is 0.687. The minimum atomic E-state index is -1.16. The number of ether oxygens (including phenoxy) is 1. The zero-order valence-corrected chi connectivity index (χ0v) is 17.3. The third-order valence-corrected chi connectivity index (χ3v) is 6.83. The molecule has 1 aromatic rings. The molecule has 4 rings (SSSR count). The van der Waals surface area contributed by atoms with E-state index >= 15 is 0 Å². The first-order chi connectivity index (χ1) is 14.4. The Hall–Kier alpha value is -2.55. The first-order valence-electron chi connectivity index (χ1n) is 10.7. The number of nitrogens with one attached hydrogen (secondary N) is 1. The van der Waals surface area contributed by atoms with E-state index in [9.17, 15) is 19.8 Å². The van der Waals surface area contributed by atoms with E-state index in [-0.39, 0.29) is 18.1 Å². The van der Waals surface area contributed by atoms with Crippen LogP contribution in [0.4, 0.5) is 16.3 Å². The van der Waals surface area contributed by atoms with Gasteiger partial charge in [-0.1, -0.05) is 0 Å². The van der Waals surface area contributed by atoms with Crippen LogP contribution in [0, 0.1) is 5.41 Å². The van der Waals surface area contributed by atoms with Gasteiger partial charge >= 0.3 is 6.09 Å². The number of amides is 2. The number of likely N-dealkylation sites (tertiary alicyclic amines) is 1. The molecule has 9 heteroatoms. The third-order valence-electron chi connectivity index (χ3n) is 6.83. The minimum Gasteiger partial charge on any atom is -0.481 e. The number of aliphatic hydroxyl groups is 1. The van der Waals surface area contributed by atoms with Gasteiger partial charge in [0.2, 0.25) is 11.8 Å². The van der Waals surface area contributed by atoms with Crippen LogP contribution in [0.2, 0.25) is 0 Å². The van der Waals surface area contributed by atoms with Crippen molar-refractivity contribution in [3.05, 3.63) is 12.1 Å². The highest BCUT2D eigenvalue weighted by atomic mass is 16.5. The number of methoxy groups -OCH3 is 1. The Bertz CT molecular complexity index is 811. The Morgan fingerprint density at radius 2 is 2.00 bits per heavy atom. The molecule has 30 heavy (non-hydrogen) atoms. The molecule has 1 aliphatic carbocycles. The van der Waals surface area contributed by atoms with Crippen LogP contribution >= 0.6 is 0 Å². The molecule has 3 N–H and O–H groups in total. The molecule has 2 aliphatic heterocycles. The summed E-state index contributed by atoms with van der Waals surface area (Å²) in [5, 5.41) is 21.4. The maximum absolute atomic E-state index is 13.5. The minimum absolute atomic E-state index is 0.198. The van der Waals surface area contributed by atoms with E-state index in [1.54, 1.807) is 12.1 Å². The number of piperidine rings is 1. The second-order valence-corrected chi connectivity index (χ2v) is 8.67. The van der Waals surface area contributed by atoms with Crippen molar-refractivity contribution in [2.45, 2.75) is 57.1 Å². The first-order valence-corrected chi connectivity index (χ1v) is 10.7. The van der Waals surface area contributed by atoms with Gasteiger partial charge in [-0.3, -0.25) is 10.1 Å². The smallest absolute Gasteiger partial charge is 0.409 e.